The number of thioether (sulfide) groups is 1. The van der Waals surface area contributed by atoms with Crippen molar-refractivity contribution in [3.05, 3.63) is 56.9 Å². The zero-order valence-corrected chi connectivity index (χ0v) is 19.5. The van der Waals surface area contributed by atoms with E-state index in [2.05, 4.69) is 26.6 Å². The smallest absolute Gasteiger partial charge is 0.263 e. The predicted molar refractivity (Wildman–Crippen MR) is 127 cm³/mol. The zero-order valence-electron chi connectivity index (χ0n) is 16.3. The maximum absolute atomic E-state index is 12.3. The quantitative estimate of drug-likeness (QED) is 0.420. The first kappa shape index (κ1) is 22.3. The second-order valence-electron chi connectivity index (χ2n) is 6.32. The average molecular weight is 507 g/mol. The highest BCUT2D eigenvalue weighted by Gasteiger charge is 2.22. The molecular weight excluding hydrogens is 488 g/mol. The van der Waals surface area contributed by atoms with E-state index >= 15 is 0 Å². The summed E-state index contributed by atoms with van der Waals surface area (Å²) in [6.45, 7) is 4.04. The summed E-state index contributed by atoms with van der Waals surface area (Å²) in [5.74, 6) is 0.367. The number of rotatable bonds is 7. The molecular formula is C21H19BrN2O4S2. The van der Waals surface area contributed by atoms with E-state index in [4.69, 9.17) is 21.7 Å². The van der Waals surface area contributed by atoms with Gasteiger partial charge in [0.05, 0.1) is 16.0 Å². The number of hydrogen-bond donors (Lipinski definition) is 2. The van der Waals surface area contributed by atoms with Crippen LogP contribution in [0, 0.1) is 6.92 Å². The van der Waals surface area contributed by atoms with Crippen molar-refractivity contribution in [1.29, 1.82) is 0 Å². The third kappa shape index (κ3) is 5.84. The summed E-state index contributed by atoms with van der Waals surface area (Å²) in [6, 6.07) is 11.1. The largest absolute Gasteiger partial charge is 0.490 e. The third-order valence-corrected chi connectivity index (χ3v) is 5.67. The minimum absolute atomic E-state index is 0.181. The Balaban J connectivity index is 1.75. The molecule has 1 heterocycles. The topological polar surface area (TPSA) is 76.7 Å². The van der Waals surface area contributed by atoms with Crippen LogP contribution in [0.1, 0.15) is 18.1 Å². The van der Waals surface area contributed by atoms with Gasteiger partial charge in [-0.1, -0.05) is 36.1 Å². The molecule has 1 aliphatic rings. The highest BCUT2D eigenvalue weighted by Crippen LogP contribution is 2.38. The lowest BCUT2D eigenvalue weighted by Crippen LogP contribution is -2.20. The van der Waals surface area contributed by atoms with Gasteiger partial charge in [0.2, 0.25) is 0 Å². The lowest BCUT2D eigenvalue weighted by molar-refractivity contribution is -0.118. The number of anilines is 1. The third-order valence-electron chi connectivity index (χ3n) is 3.92. The molecule has 0 atom stereocenters. The van der Waals surface area contributed by atoms with Crippen molar-refractivity contribution >= 4 is 67.8 Å². The van der Waals surface area contributed by atoms with Gasteiger partial charge >= 0.3 is 0 Å². The van der Waals surface area contributed by atoms with Gasteiger partial charge in [0.25, 0.3) is 11.8 Å². The van der Waals surface area contributed by atoms with Crippen LogP contribution in [0.2, 0.25) is 0 Å². The van der Waals surface area contributed by atoms with E-state index in [1.165, 1.54) is 11.8 Å². The Morgan fingerprint density at radius 3 is 2.77 bits per heavy atom. The number of ether oxygens (including phenoxy) is 2. The molecule has 0 aliphatic carbocycles. The van der Waals surface area contributed by atoms with Gasteiger partial charge in [-0.2, -0.15) is 0 Å². The van der Waals surface area contributed by atoms with E-state index in [0.29, 0.717) is 37.5 Å². The minimum atomic E-state index is -0.284. The molecule has 0 bridgehead atoms. The molecule has 0 aromatic heterocycles. The van der Waals surface area contributed by atoms with Crippen molar-refractivity contribution in [2.24, 2.45) is 0 Å². The maximum Gasteiger partial charge on any atom is 0.263 e. The predicted octanol–water partition coefficient (Wildman–Crippen LogP) is 4.66. The minimum Gasteiger partial charge on any atom is -0.490 e. The van der Waals surface area contributed by atoms with Crippen molar-refractivity contribution in [3.63, 3.8) is 0 Å². The summed E-state index contributed by atoms with van der Waals surface area (Å²) >= 11 is 9.69. The van der Waals surface area contributed by atoms with E-state index in [-0.39, 0.29) is 18.4 Å². The van der Waals surface area contributed by atoms with Crippen LogP contribution in [0.4, 0.5) is 5.69 Å². The molecule has 1 saturated heterocycles. The molecule has 156 valence electrons. The highest BCUT2D eigenvalue weighted by molar-refractivity contribution is 9.10. The Kier molecular flexibility index (Phi) is 7.52. The van der Waals surface area contributed by atoms with Crippen LogP contribution in [-0.4, -0.2) is 29.3 Å². The number of thiocarbonyl (C=S) groups is 1. The van der Waals surface area contributed by atoms with Crippen LogP contribution < -0.4 is 20.1 Å². The number of carbonyl (C=O) groups excluding carboxylic acids is 2. The number of hydrogen-bond acceptors (Lipinski definition) is 6. The van der Waals surface area contributed by atoms with E-state index in [1.54, 1.807) is 18.2 Å². The van der Waals surface area contributed by atoms with Gasteiger partial charge < -0.3 is 20.1 Å². The van der Waals surface area contributed by atoms with Crippen molar-refractivity contribution in [1.82, 2.24) is 5.32 Å². The number of aryl methyl sites for hydroxylation is 1. The second-order valence-corrected chi connectivity index (χ2v) is 8.89. The fourth-order valence-corrected chi connectivity index (χ4v) is 4.32. The maximum atomic E-state index is 12.3. The van der Waals surface area contributed by atoms with Gasteiger partial charge in [-0.05, 0) is 71.2 Å². The molecule has 3 rings (SSSR count). The number of nitrogens with one attached hydrogen (secondary N) is 2. The number of carbonyl (C=O) groups is 2. The number of benzene rings is 2. The second kappa shape index (κ2) is 10.1. The van der Waals surface area contributed by atoms with E-state index in [9.17, 15) is 9.59 Å². The number of halogens is 1. The summed E-state index contributed by atoms with van der Waals surface area (Å²) in [6.07, 6.45) is 1.72. The summed E-state index contributed by atoms with van der Waals surface area (Å²) < 4.78 is 12.5. The molecule has 2 amide bonds. The SMILES string of the molecule is CCOc1cc(/C=C2\SC(=S)NC2=O)cc(Br)c1OCC(=O)Nc1cccc(C)c1. The first-order chi connectivity index (χ1) is 14.4. The van der Waals surface area contributed by atoms with Gasteiger partial charge in [0, 0.05) is 5.69 Å². The van der Waals surface area contributed by atoms with Crippen molar-refractivity contribution in [3.8, 4) is 11.5 Å². The number of amides is 2. The van der Waals surface area contributed by atoms with Gasteiger partial charge in [-0.3, -0.25) is 9.59 Å². The molecule has 1 aliphatic heterocycles. The molecule has 0 saturated carbocycles. The lowest BCUT2D eigenvalue weighted by atomic mass is 10.2. The van der Waals surface area contributed by atoms with Crippen LogP contribution in [0.5, 0.6) is 11.5 Å². The summed E-state index contributed by atoms with van der Waals surface area (Å²) in [5.41, 5.74) is 2.50. The van der Waals surface area contributed by atoms with Gasteiger partial charge in [0.15, 0.2) is 18.1 Å². The van der Waals surface area contributed by atoms with Crippen LogP contribution in [0.25, 0.3) is 6.08 Å². The molecule has 2 N–H and O–H groups in total. The van der Waals surface area contributed by atoms with E-state index in [1.807, 2.05) is 38.1 Å². The molecule has 0 unspecified atom stereocenters. The summed E-state index contributed by atoms with van der Waals surface area (Å²) in [4.78, 5) is 24.7. The molecule has 6 nitrogen and oxygen atoms in total. The van der Waals surface area contributed by atoms with Crippen molar-refractivity contribution < 1.29 is 19.1 Å². The van der Waals surface area contributed by atoms with Crippen molar-refractivity contribution in [2.45, 2.75) is 13.8 Å². The van der Waals surface area contributed by atoms with Gasteiger partial charge in [-0.25, -0.2) is 0 Å². The highest BCUT2D eigenvalue weighted by atomic mass is 79.9. The van der Waals surface area contributed by atoms with Crippen LogP contribution in [0.3, 0.4) is 0 Å². The Labute approximate surface area is 192 Å². The Bertz CT molecular complexity index is 1040. The standard InChI is InChI=1S/C21H19BrN2O4S2/c1-3-27-16-9-13(10-17-20(26)24-21(29)30-17)8-15(22)19(16)28-11-18(25)23-14-6-4-5-12(2)7-14/h4-10H,3,11H2,1-2H3,(H,23,25)(H,24,26,29)/b17-10-. The molecule has 0 spiro atoms. The molecule has 30 heavy (non-hydrogen) atoms. The van der Waals surface area contributed by atoms with Crippen LogP contribution in [-0.2, 0) is 9.59 Å². The van der Waals surface area contributed by atoms with E-state index < -0.39 is 0 Å². The Morgan fingerprint density at radius 2 is 2.10 bits per heavy atom. The Morgan fingerprint density at radius 1 is 1.30 bits per heavy atom. The van der Waals surface area contributed by atoms with Crippen LogP contribution in [0.15, 0.2) is 45.8 Å². The van der Waals surface area contributed by atoms with Gasteiger partial charge in [0.1, 0.15) is 4.32 Å². The monoisotopic (exact) mass is 506 g/mol. The molecule has 2 aromatic rings. The fraction of sp³-hybridized carbons (Fsp3) is 0.190. The molecule has 9 heteroatoms. The summed E-state index contributed by atoms with van der Waals surface area (Å²) in [7, 11) is 0. The summed E-state index contributed by atoms with van der Waals surface area (Å²) in [5, 5.41) is 5.39. The first-order valence-corrected chi connectivity index (χ1v) is 11.1. The first-order valence-electron chi connectivity index (χ1n) is 9.06. The average Bonchev–Trinajstić information content (AvgIpc) is 2.98. The lowest BCUT2D eigenvalue weighted by Gasteiger charge is -2.15. The molecule has 1 fully saturated rings. The van der Waals surface area contributed by atoms with Crippen molar-refractivity contribution in [2.75, 3.05) is 18.5 Å². The van der Waals surface area contributed by atoms with Crippen LogP contribution >= 0.6 is 39.9 Å². The normalized spacial score (nSPS) is 14.6. The fourth-order valence-electron chi connectivity index (χ4n) is 2.70. The van der Waals surface area contributed by atoms with Gasteiger partial charge in [-0.15, -0.1) is 0 Å². The molecule has 0 radical (unpaired) electrons. The zero-order chi connectivity index (χ0) is 21.7. The van der Waals surface area contributed by atoms with E-state index in [0.717, 1.165) is 11.1 Å². The Hall–Kier alpha value is -2.36. The molecule has 2 aromatic carbocycles.